The summed E-state index contributed by atoms with van der Waals surface area (Å²) in [6.45, 7) is 0.820. The summed E-state index contributed by atoms with van der Waals surface area (Å²) in [5, 5.41) is 3.64. The van der Waals surface area contributed by atoms with E-state index in [0.29, 0.717) is 5.02 Å². The minimum absolute atomic E-state index is 0.310. The first kappa shape index (κ1) is 12.9. The minimum atomic E-state index is -0.310. The lowest BCUT2D eigenvalue weighted by atomic mass is 10.1. The second-order valence-electron chi connectivity index (χ2n) is 4.14. The molecule has 0 spiro atoms. The van der Waals surface area contributed by atoms with Gasteiger partial charge in [0.15, 0.2) is 0 Å². The van der Waals surface area contributed by atoms with E-state index >= 15 is 0 Å². The molecule has 0 saturated carbocycles. The van der Waals surface area contributed by atoms with Crippen molar-refractivity contribution >= 4 is 17.3 Å². The van der Waals surface area contributed by atoms with Gasteiger partial charge in [0, 0.05) is 6.54 Å². The maximum absolute atomic E-state index is 12.8. The number of hydrogen-bond donors (Lipinski definition) is 1. The molecule has 18 heavy (non-hydrogen) atoms. The number of benzene rings is 2. The van der Waals surface area contributed by atoms with Gasteiger partial charge in [-0.05, 0) is 36.6 Å². The molecular weight excluding hydrogens is 249 g/mol. The highest BCUT2D eigenvalue weighted by Crippen LogP contribution is 2.22. The van der Waals surface area contributed by atoms with Crippen molar-refractivity contribution in [1.82, 2.24) is 0 Å². The summed E-state index contributed by atoms with van der Waals surface area (Å²) in [6.07, 6.45) is 2.03. The molecule has 3 heteroatoms. The summed E-state index contributed by atoms with van der Waals surface area (Å²) in [6, 6.07) is 14.7. The van der Waals surface area contributed by atoms with Crippen LogP contribution < -0.4 is 5.32 Å². The maximum atomic E-state index is 12.8. The van der Waals surface area contributed by atoms with Gasteiger partial charge in [-0.1, -0.05) is 41.9 Å². The molecule has 0 heterocycles. The molecule has 0 aliphatic carbocycles. The lowest BCUT2D eigenvalue weighted by Gasteiger charge is -2.08. The van der Waals surface area contributed by atoms with Crippen LogP contribution >= 0.6 is 11.6 Å². The van der Waals surface area contributed by atoms with Crippen molar-refractivity contribution < 1.29 is 4.39 Å². The molecule has 0 bridgehead atoms. The highest BCUT2D eigenvalue weighted by molar-refractivity contribution is 6.33. The molecule has 0 saturated heterocycles. The van der Waals surface area contributed by atoms with Crippen LogP contribution in [0.4, 0.5) is 10.1 Å². The third-order valence-electron chi connectivity index (χ3n) is 2.73. The Bertz CT molecular complexity index is 499. The number of halogens is 2. The zero-order valence-electron chi connectivity index (χ0n) is 10.00. The molecular formula is C15H15ClFN. The van der Waals surface area contributed by atoms with E-state index in [9.17, 15) is 4.39 Å². The van der Waals surface area contributed by atoms with Crippen molar-refractivity contribution in [3.05, 3.63) is 64.9 Å². The molecule has 0 amide bonds. The highest BCUT2D eigenvalue weighted by Gasteiger charge is 2.00. The second kappa shape index (κ2) is 6.41. The number of anilines is 1. The van der Waals surface area contributed by atoms with E-state index < -0.39 is 0 Å². The summed E-state index contributed by atoms with van der Waals surface area (Å²) in [5.41, 5.74) is 2.11. The number of nitrogens with one attached hydrogen (secondary N) is 1. The highest BCUT2D eigenvalue weighted by atomic mass is 35.5. The van der Waals surface area contributed by atoms with Crippen LogP contribution in [0.3, 0.4) is 0 Å². The molecule has 0 atom stereocenters. The van der Waals surface area contributed by atoms with Gasteiger partial charge in [-0.25, -0.2) is 4.39 Å². The Kier molecular flexibility index (Phi) is 4.59. The predicted octanol–water partition coefficient (Wildman–Crippen LogP) is 4.52. The van der Waals surface area contributed by atoms with Crippen molar-refractivity contribution in [2.75, 3.05) is 11.9 Å². The number of hydrogen-bond acceptors (Lipinski definition) is 1. The van der Waals surface area contributed by atoms with Crippen molar-refractivity contribution in [3.63, 3.8) is 0 Å². The van der Waals surface area contributed by atoms with E-state index in [1.807, 2.05) is 18.2 Å². The average Bonchev–Trinajstić information content (AvgIpc) is 2.38. The molecule has 0 fully saturated rings. The monoisotopic (exact) mass is 263 g/mol. The molecule has 0 aliphatic heterocycles. The fraction of sp³-hybridized carbons (Fsp3) is 0.200. The van der Waals surface area contributed by atoms with E-state index in [0.717, 1.165) is 25.1 Å². The van der Waals surface area contributed by atoms with E-state index in [2.05, 4.69) is 17.4 Å². The number of aryl methyl sites for hydroxylation is 1. The lowest BCUT2D eigenvalue weighted by molar-refractivity contribution is 0.628. The molecule has 2 rings (SSSR count). The fourth-order valence-corrected chi connectivity index (χ4v) is 2.03. The minimum Gasteiger partial charge on any atom is -0.384 e. The summed E-state index contributed by atoms with van der Waals surface area (Å²) in [4.78, 5) is 0. The second-order valence-corrected chi connectivity index (χ2v) is 4.55. The molecule has 94 valence electrons. The molecule has 1 nitrogen and oxygen atoms in total. The Morgan fingerprint density at radius 3 is 2.56 bits per heavy atom. The molecule has 0 aromatic heterocycles. The van der Waals surface area contributed by atoms with Gasteiger partial charge in [0.25, 0.3) is 0 Å². The standard InChI is InChI=1S/C15H15ClFN/c16-14-11-13(17)8-9-15(14)18-10-4-7-12-5-2-1-3-6-12/h1-3,5-6,8-9,11,18H,4,7,10H2. The summed E-state index contributed by atoms with van der Waals surface area (Å²) in [7, 11) is 0. The van der Waals surface area contributed by atoms with Gasteiger partial charge >= 0.3 is 0 Å². The van der Waals surface area contributed by atoms with Crippen molar-refractivity contribution in [2.24, 2.45) is 0 Å². The quantitative estimate of drug-likeness (QED) is 0.782. The molecule has 2 aromatic rings. The summed E-state index contributed by atoms with van der Waals surface area (Å²) >= 11 is 5.92. The molecule has 0 aliphatic rings. The Morgan fingerprint density at radius 1 is 1.06 bits per heavy atom. The summed E-state index contributed by atoms with van der Waals surface area (Å²) < 4.78 is 12.8. The Hall–Kier alpha value is -1.54. The van der Waals surface area contributed by atoms with Crippen molar-refractivity contribution in [1.29, 1.82) is 0 Å². The first-order chi connectivity index (χ1) is 8.75. The van der Waals surface area contributed by atoms with Crippen LogP contribution in [0.2, 0.25) is 5.02 Å². The van der Waals surface area contributed by atoms with E-state index in [1.165, 1.54) is 17.7 Å². The third kappa shape index (κ3) is 3.74. The summed E-state index contributed by atoms with van der Waals surface area (Å²) in [5.74, 6) is -0.310. The van der Waals surface area contributed by atoms with Crippen LogP contribution in [0.5, 0.6) is 0 Å². The van der Waals surface area contributed by atoms with Crippen LogP contribution in [0.15, 0.2) is 48.5 Å². The smallest absolute Gasteiger partial charge is 0.124 e. The van der Waals surface area contributed by atoms with Crippen LogP contribution in [0, 0.1) is 5.82 Å². The van der Waals surface area contributed by atoms with Gasteiger partial charge in [0.1, 0.15) is 5.82 Å². The lowest BCUT2D eigenvalue weighted by Crippen LogP contribution is -2.03. The molecule has 0 radical (unpaired) electrons. The van der Waals surface area contributed by atoms with Gasteiger partial charge in [0.2, 0.25) is 0 Å². The fourth-order valence-electron chi connectivity index (χ4n) is 1.79. The van der Waals surface area contributed by atoms with Crippen LogP contribution in [0.25, 0.3) is 0 Å². The van der Waals surface area contributed by atoms with Crippen LogP contribution in [-0.4, -0.2) is 6.54 Å². The molecule has 2 aromatic carbocycles. The van der Waals surface area contributed by atoms with E-state index in [1.54, 1.807) is 6.07 Å². The van der Waals surface area contributed by atoms with E-state index in [4.69, 9.17) is 11.6 Å². The largest absolute Gasteiger partial charge is 0.384 e. The normalized spacial score (nSPS) is 10.3. The van der Waals surface area contributed by atoms with Crippen molar-refractivity contribution in [3.8, 4) is 0 Å². The number of rotatable bonds is 5. The zero-order chi connectivity index (χ0) is 12.8. The maximum Gasteiger partial charge on any atom is 0.124 e. The first-order valence-electron chi connectivity index (χ1n) is 5.98. The average molecular weight is 264 g/mol. The van der Waals surface area contributed by atoms with Gasteiger partial charge < -0.3 is 5.32 Å². The van der Waals surface area contributed by atoms with Crippen LogP contribution in [0.1, 0.15) is 12.0 Å². The molecule has 1 N–H and O–H groups in total. The SMILES string of the molecule is Fc1ccc(NCCCc2ccccc2)c(Cl)c1. The first-order valence-corrected chi connectivity index (χ1v) is 6.36. The van der Waals surface area contributed by atoms with Crippen molar-refractivity contribution in [2.45, 2.75) is 12.8 Å². The van der Waals surface area contributed by atoms with Gasteiger partial charge in [-0.3, -0.25) is 0 Å². The predicted molar refractivity (Wildman–Crippen MR) is 74.7 cm³/mol. The zero-order valence-corrected chi connectivity index (χ0v) is 10.8. The Morgan fingerprint density at radius 2 is 1.83 bits per heavy atom. The van der Waals surface area contributed by atoms with Gasteiger partial charge in [-0.15, -0.1) is 0 Å². The Balaban J connectivity index is 1.79. The van der Waals surface area contributed by atoms with Crippen LogP contribution in [-0.2, 0) is 6.42 Å². The third-order valence-corrected chi connectivity index (χ3v) is 3.04. The van der Waals surface area contributed by atoms with E-state index in [-0.39, 0.29) is 5.82 Å². The molecule has 0 unspecified atom stereocenters. The van der Waals surface area contributed by atoms with Gasteiger partial charge in [0.05, 0.1) is 10.7 Å². The topological polar surface area (TPSA) is 12.0 Å². The Labute approximate surface area is 112 Å². The van der Waals surface area contributed by atoms with Gasteiger partial charge in [-0.2, -0.15) is 0 Å².